The molecule has 14 heavy (non-hydrogen) atoms. The van der Waals surface area contributed by atoms with Crippen LogP contribution in [0.4, 0.5) is 0 Å². The van der Waals surface area contributed by atoms with E-state index in [9.17, 15) is 0 Å². The van der Waals surface area contributed by atoms with Crippen molar-refractivity contribution in [3.63, 3.8) is 0 Å². The van der Waals surface area contributed by atoms with Crippen LogP contribution in [0.5, 0.6) is 0 Å². The van der Waals surface area contributed by atoms with Gasteiger partial charge in [-0.3, -0.25) is 4.98 Å². The third-order valence-electron chi connectivity index (χ3n) is 2.03. The number of rotatable bonds is 4. The minimum Gasteiger partial charge on any atom is -0.411 e. The van der Waals surface area contributed by atoms with Crippen LogP contribution in [0.25, 0.3) is 0 Å². The highest BCUT2D eigenvalue weighted by molar-refractivity contribution is 5.78. The van der Waals surface area contributed by atoms with E-state index < -0.39 is 0 Å². The van der Waals surface area contributed by atoms with Crippen LogP contribution in [0.2, 0.25) is 0 Å². The molecule has 0 atom stereocenters. The molecule has 0 spiro atoms. The Hall–Kier alpha value is -1.38. The SMILES string of the molecule is CC(C)CCc1cc(/C=N\O)ccn1. The van der Waals surface area contributed by atoms with Crippen LogP contribution in [0.1, 0.15) is 31.5 Å². The van der Waals surface area contributed by atoms with Crippen LogP contribution >= 0.6 is 0 Å². The summed E-state index contributed by atoms with van der Waals surface area (Å²) in [5, 5.41) is 11.4. The molecule has 0 fully saturated rings. The molecule has 1 rings (SSSR count). The standard InChI is InChI=1S/C11H16N2O/c1-9(2)3-4-11-7-10(8-13-14)5-6-12-11/h5-9,14H,3-4H2,1-2H3/b13-8-. The Balaban J connectivity index is 2.63. The van der Waals surface area contributed by atoms with Crippen molar-refractivity contribution in [1.82, 2.24) is 4.98 Å². The summed E-state index contributed by atoms with van der Waals surface area (Å²) in [6.07, 6.45) is 5.27. The van der Waals surface area contributed by atoms with Gasteiger partial charge in [0.15, 0.2) is 0 Å². The largest absolute Gasteiger partial charge is 0.411 e. The van der Waals surface area contributed by atoms with E-state index in [0.29, 0.717) is 5.92 Å². The van der Waals surface area contributed by atoms with E-state index in [1.54, 1.807) is 6.20 Å². The van der Waals surface area contributed by atoms with E-state index in [0.717, 1.165) is 24.1 Å². The summed E-state index contributed by atoms with van der Waals surface area (Å²) in [7, 11) is 0. The smallest absolute Gasteiger partial charge is 0.0735 e. The van der Waals surface area contributed by atoms with Crippen LogP contribution in [-0.4, -0.2) is 16.4 Å². The molecular formula is C11H16N2O. The summed E-state index contributed by atoms with van der Waals surface area (Å²) < 4.78 is 0. The van der Waals surface area contributed by atoms with Crippen molar-refractivity contribution in [3.05, 3.63) is 29.6 Å². The minimum absolute atomic E-state index is 0.687. The Kier molecular flexibility index (Phi) is 4.11. The van der Waals surface area contributed by atoms with Gasteiger partial charge in [-0.25, -0.2) is 0 Å². The number of aromatic nitrogens is 1. The molecule has 0 aliphatic carbocycles. The Morgan fingerprint density at radius 2 is 2.36 bits per heavy atom. The second kappa shape index (κ2) is 5.37. The molecule has 3 heteroatoms. The first-order chi connectivity index (χ1) is 6.72. The van der Waals surface area contributed by atoms with Crippen molar-refractivity contribution in [2.24, 2.45) is 11.1 Å². The predicted molar refractivity (Wildman–Crippen MR) is 56.8 cm³/mol. The Morgan fingerprint density at radius 3 is 3.00 bits per heavy atom. The van der Waals surface area contributed by atoms with Gasteiger partial charge in [-0.1, -0.05) is 19.0 Å². The molecule has 0 unspecified atom stereocenters. The van der Waals surface area contributed by atoms with E-state index in [2.05, 4.69) is 24.0 Å². The molecule has 1 aromatic rings. The number of pyridine rings is 1. The first-order valence-corrected chi connectivity index (χ1v) is 4.84. The maximum Gasteiger partial charge on any atom is 0.0735 e. The third-order valence-corrected chi connectivity index (χ3v) is 2.03. The molecule has 0 bridgehead atoms. The van der Waals surface area contributed by atoms with Gasteiger partial charge in [0.1, 0.15) is 0 Å². The number of nitrogens with zero attached hydrogens (tertiary/aromatic N) is 2. The van der Waals surface area contributed by atoms with Gasteiger partial charge in [0, 0.05) is 11.9 Å². The number of hydrogen-bond acceptors (Lipinski definition) is 3. The first-order valence-electron chi connectivity index (χ1n) is 4.84. The van der Waals surface area contributed by atoms with Gasteiger partial charge in [0.05, 0.1) is 6.21 Å². The minimum atomic E-state index is 0.687. The topological polar surface area (TPSA) is 45.5 Å². The second-order valence-corrected chi connectivity index (χ2v) is 3.76. The van der Waals surface area contributed by atoms with Gasteiger partial charge < -0.3 is 5.21 Å². The molecule has 0 aliphatic heterocycles. The van der Waals surface area contributed by atoms with Crippen LogP contribution in [0.15, 0.2) is 23.5 Å². The van der Waals surface area contributed by atoms with Gasteiger partial charge in [0.25, 0.3) is 0 Å². The van der Waals surface area contributed by atoms with E-state index >= 15 is 0 Å². The first kappa shape index (κ1) is 10.7. The van der Waals surface area contributed by atoms with E-state index in [1.165, 1.54) is 6.21 Å². The lowest BCUT2D eigenvalue weighted by Crippen LogP contribution is -1.96. The van der Waals surface area contributed by atoms with Crippen LogP contribution < -0.4 is 0 Å². The fraction of sp³-hybridized carbons (Fsp3) is 0.455. The van der Waals surface area contributed by atoms with Crippen molar-refractivity contribution in [2.75, 3.05) is 0 Å². The summed E-state index contributed by atoms with van der Waals surface area (Å²) in [4.78, 5) is 4.25. The monoisotopic (exact) mass is 192 g/mol. The summed E-state index contributed by atoms with van der Waals surface area (Å²) in [5.41, 5.74) is 1.94. The number of hydrogen-bond donors (Lipinski definition) is 1. The Labute approximate surface area is 84.5 Å². The predicted octanol–water partition coefficient (Wildman–Crippen LogP) is 2.48. The highest BCUT2D eigenvalue weighted by atomic mass is 16.4. The molecule has 76 valence electrons. The molecule has 1 aromatic heterocycles. The van der Waals surface area contributed by atoms with Crippen LogP contribution in [0, 0.1) is 5.92 Å². The van der Waals surface area contributed by atoms with Gasteiger partial charge >= 0.3 is 0 Å². The third kappa shape index (κ3) is 3.56. The van der Waals surface area contributed by atoms with Crippen LogP contribution in [0.3, 0.4) is 0 Å². The summed E-state index contributed by atoms with van der Waals surface area (Å²) in [6.45, 7) is 4.39. The van der Waals surface area contributed by atoms with Crippen molar-refractivity contribution in [1.29, 1.82) is 0 Å². The Morgan fingerprint density at radius 1 is 1.57 bits per heavy atom. The molecule has 0 aromatic carbocycles. The zero-order valence-electron chi connectivity index (χ0n) is 8.64. The molecule has 1 heterocycles. The molecule has 0 radical (unpaired) electrons. The average Bonchev–Trinajstić information content (AvgIpc) is 2.16. The highest BCUT2D eigenvalue weighted by Crippen LogP contribution is 2.07. The average molecular weight is 192 g/mol. The van der Waals surface area contributed by atoms with Gasteiger partial charge in [-0.15, -0.1) is 0 Å². The van der Waals surface area contributed by atoms with Crippen molar-refractivity contribution < 1.29 is 5.21 Å². The lowest BCUT2D eigenvalue weighted by atomic mass is 10.1. The van der Waals surface area contributed by atoms with Gasteiger partial charge in [-0.2, -0.15) is 0 Å². The van der Waals surface area contributed by atoms with Gasteiger partial charge in [0.2, 0.25) is 0 Å². The zero-order valence-corrected chi connectivity index (χ0v) is 8.64. The van der Waals surface area contributed by atoms with Crippen LogP contribution in [-0.2, 0) is 6.42 Å². The lowest BCUT2D eigenvalue weighted by Gasteiger charge is -2.03. The van der Waals surface area contributed by atoms with Crippen molar-refractivity contribution >= 4 is 6.21 Å². The maximum absolute atomic E-state index is 8.38. The highest BCUT2D eigenvalue weighted by Gasteiger charge is 1.98. The molecule has 0 amide bonds. The summed E-state index contributed by atoms with van der Waals surface area (Å²) >= 11 is 0. The molecule has 0 saturated heterocycles. The Bertz CT molecular complexity index is 308. The number of aryl methyl sites for hydroxylation is 1. The normalized spacial score (nSPS) is 11.4. The molecule has 0 aliphatic rings. The van der Waals surface area contributed by atoms with E-state index in [-0.39, 0.29) is 0 Å². The van der Waals surface area contributed by atoms with E-state index in [4.69, 9.17) is 5.21 Å². The molecular weight excluding hydrogens is 176 g/mol. The fourth-order valence-corrected chi connectivity index (χ4v) is 1.22. The summed E-state index contributed by atoms with van der Waals surface area (Å²) in [5.74, 6) is 0.687. The second-order valence-electron chi connectivity index (χ2n) is 3.76. The van der Waals surface area contributed by atoms with Gasteiger partial charge in [-0.05, 0) is 36.5 Å². The molecule has 1 N–H and O–H groups in total. The summed E-state index contributed by atoms with van der Waals surface area (Å²) in [6, 6.07) is 3.76. The maximum atomic E-state index is 8.38. The zero-order chi connectivity index (χ0) is 10.4. The molecule has 0 saturated carbocycles. The van der Waals surface area contributed by atoms with Crippen molar-refractivity contribution in [3.8, 4) is 0 Å². The molecule has 3 nitrogen and oxygen atoms in total. The van der Waals surface area contributed by atoms with Crippen molar-refractivity contribution in [2.45, 2.75) is 26.7 Å². The lowest BCUT2D eigenvalue weighted by molar-refractivity contribution is 0.322. The number of oxime groups is 1. The quantitative estimate of drug-likeness (QED) is 0.452. The fourth-order valence-electron chi connectivity index (χ4n) is 1.22. The van der Waals surface area contributed by atoms with E-state index in [1.807, 2.05) is 12.1 Å².